The zero-order valence-corrected chi connectivity index (χ0v) is 5.61. The smallest absolute Gasteiger partial charge is 0.00387 e. The highest BCUT2D eigenvalue weighted by Crippen LogP contribution is 2.06. The first-order valence-corrected chi connectivity index (χ1v) is 3.63. The van der Waals surface area contributed by atoms with Gasteiger partial charge in [-0.3, -0.25) is 0 Å². The number of hydrogen-bond acceptors (Lipinski definition) is 1. The molecular weight excluding hydrogens is 98.1 g/mol. The molecule has 0 radical (unpaired) electrons. The van der Waals surface area contributed by atoms with Crippen molar-refractivity contribution in [3.63, 3.8) is 0 Å². The Bertz CT molecular complexity index is 57.9. The third kappa shape index (κ3) is 1.83. The largest absolute Gasteiger partial charge is 0.314 e. The van der Waals surface area contributed by atoms with Gasteiger partial charge in [-0.05, 0) is 26.3 Å². The second-order valence-electron chi connectivity index (χ2n) is 2.70. The summed E-state index contributed by atoms with van der Waals surface area (Å²) >= 11 is 0. The fourth-order valence-corrected chi connectivity index (χ4v) is 1.20. The van der Waals surface area contributed by atoms with Gasteiger partial charge in [0.1, 0.15) is 0 Å². The predicted molar refractivity (Wildman–Crippen MR) is 38.0 cm³/mol. The lowest BCUT2D eigenvalue weighted by atomic mass is 10.1. The highest BCUT2D eigenvalue weighted by molar-refractivity contribution is 4.64. The SMILES string of the molecule is CC1CCCCCN1.[HH]. The number of hydrogen-bond donors (Lipinski definition) is 1. The Morgan fingerprint density at radius 1 is 1.38 bits per heavy atom. The van der Waals surface area contributed by atoms with Crippen LogP contribution in [-0.2, 0) is 0 Å². The first-order chi connectivity index (χ1) is 3.89. The van der Waals surface area contributed by atoms with E-state index in [-0.39, 0.29) is 1.43 Å². The Morgan fingerprint density at radius 2 is 2.25 bits per heavy atom. The van der Waals surface area contributed by atoms with Gasteiger partial charge in [0.15, 0.2) is 0 Å². The Morgan fingerprint density at radius 3 is 3.12 bits per heavy atom. The van der Waals surface area contributed by atoms with Crippen LogP contribution in [0.25, 0.3) is 0 Å². The van der Waals surface area contributed by atoms with Crippen molar-refractivity contribution in [1.82, 2.24) is 5.32 Å². The lowest BCUT2D eigenvalue weighted by Crippen LogP contribution is -2.24. The number of nitrogens with one attached hydrogen (secondary N) is 1. The van der Waals surface area contributed by atoms with Crippen LogP contribution in [0.15, 0.2) is 0 Å². The molecule has 0 aliphatic carbocycles. The standard InChI is InChI=1S/C7H15N.H2/c1-7-5-3-2-4-6-8-7;/h7-8H,2-6H2,1H3;1H. The first kappa shape index (κ1) is 6.09. The Labute approximate surface area is 53.0 Å². The Hall–Kier alpha value is -0.0400. The van der Waals surface area contributed by atoms with Crippen molar-refractivity contribution in [2.45, 2.75) is 38.6 Å². The molecule has 0 spiro atoms. The molecule has 1 saturated heterocycles. The first-order valence-electron chi connectivity index (χ1n) is 3.63. The molecule has 1 N–H and O–H groups in total. The van der Waals surface area contributed by atoms with Gasteiger partial charge in [-0.1, -0.05) is 12.8 Å². The van der Waals surface area contributed by atoms with Crippen LogP contribution < -0.4 is 5.32 Å². The quantitative estimate of drug-likeness (QED) is 0.507. The molecule has 8 heavy (non-hydrogen) atoms. The average Bonchev–Trinajstić information content (AvgIpc) is 1.94. The lowest BCUT2D eigenvalue weighted by Gasteiger charge is -2.06. The van der Waals surface area contributed by atoms with Crippen LogP contribution in [0.5, 0.6) is 0 Å². The molecular formula is C7H17N. The molecule has 50 valence electrons. The lowest BCUT2D eigenvalue weighted by molar-refractivity contribution is 0.550. The topological polar surface area (TPSA) is 12.0 Å². The van der Waals surface area contributed by atoms with Crippen molar-refractivity contribution in [3.8, 4) is 0 Å². The van der Waals surface area contributed by atoms with E-state index in [1.807, 2.05) is 0 Å². The van der Waals surface area contributed by atoms with Crippen LogP contribution in [0.2, 0.25) is 0 Å². The fourth-order valence-electron chi connectivity index (χ4n) is 1.20. The molecule has 1 unspecified atom stereocenters. The minimum absolute atomic E-state index is 0. The van der Waals surface area contributed by atoms with Crippen molar-refractivity contribution in [1.29, 1.82) is 0 Å². The maximum absolute atomic E-state index is 3.44. The zero-order chi connectivity index (χ0) is 5.82. The predicted octanol–water partition coefficient (Wildman–Crippen LogP) is 1.78. The summed E-state index contributed by atoms with van der Waals surface area (Å²) in [4.78, 5) is 0. The van der Waals surface area contributed by atoms with E-state index in [2.05, 4.69) is 12.2 Å². The molecule has 1 heterocycles. The molecule has 1 aliphatic rings. The van der Waals surface area contributed by atoms with Gasteiger partial charge in [0.05, 0.1) is 0 Å². The molecule has 0 aromatic heterocycles. The highest BCUT2D eigenvalue weighted by Gasteiger charge is 2.03. The van der Waals surface area contributed by atoms with Gasteiger partial charge >= 0.3 is 0 Å². The van der Waals surface area contributed by atoms with E-state index in [1.54, 1.807) is 0 Å². The Kier molecular flexibility index (Phi) is 2.34. The maximum Gasteiger partial charge on any atom is 0.00387 e. The van der Waals surface area contributed by atoms with Crippen LogP contribution in [0, 0.1) is 0 Å². The monoisotopic (exact) mass is 115 g/mol. The van der Waals surface area contributed by atoms with Gasteiger partial charge in [0.25, 0.3) is 0 Å². The summed E-state index contributed by atoms with van der Waals surface area (Å²) in [6.07, 6.45) is 5.61. The van der Waals surface area contributed by atoms with E-state index in [1.165, 1.54) is 32.2 Å². The molecule has 0 aromatic rings. The summed E-state index contributed by atoms with van der Waals surface area (Å²) in [5.41, 5.74) is 0. The molecule has 0 saturated carbocycles. The molecule has 1 nitrogen and oxygen atoms in total. The molecule has 1 atom stereocenters. The molecule has 0 amide bonds. The van der Waals surface area contributed by atoms with Crippen molar-refractivity contribution < 1.29 is 1.43 Å². The maximum atomic E-state index is 3.44. The molecule has 1 heteroatoms. The summed E-state index contributed by atoms with van der Waals surface area (Å²) < 4.78 is 0. The molecule has 1 aliphatic heterocycles. The van der Waals surface area contributed by atoms with Crippen molar-refractivity contribution >= 4 is 0 Å². The highest BCUT2D eigenvalue weighted by atomic mass is 14.9. The normalized spacial score (nSPS) is 31.9. The fraction of sp³-hybridized carbons (Fsp3) is 1.00. The van der Waals surface area contributed by atoms with Gasteiger partial charge in [-0.2, -0.15) is 0 Å². The van der Waals surface area contributed by atoms with Gasteiger partial charge in [0.2, 0.25) is 0 Å². The van der Waals surface area contributed by atoms with Crippen LogP contribution in [-0.4, -0.2) is 12.6 Å². The van der Waals surface area contributed by atoms with Crippen molar-refractivity contribution in [3.05, 3.63) is 0 Å². The van der Waals surface area contributed by atoms with E-state index < -0.39 is 0 Å². The second-order valence-corrected chi connectivity index (χ2v) is 2.70. The Balaban J connectivity index is 0.000000640. The van der Waals surface area contributed by atoms with Crippen LogP contribution in [0.1, 0.15) is 34.0 Å². The van der Waals surface area contributed by atoms with E-state index >= 15 is 0 Å². The van der Waals surface area contributed by atoms with Gasteiger partial charge in [-0.25, -0.2) is 0 Å². The number of rotatable bonds is 0. The van der Waals surface area contributed by atoms with Crippen molar-refractivity contribution in [2.75, 3.05) is 6.54 Å². The minimum atomic E-state index is 0. The van der Waals surface area contributed by atoms with E-state index in [0.29, 0.717) is 0 Å². The summed E-state index contributed by atoms with van der Waals surface area (Å²) in [6.45, 7) is 3.51. The third-order valence-corrected chi connectivity index (χ3v) is 1.81. The summed E-state index contributed by atoms with van der Waals surface area (Å²) in [5, 5.41) is 3.44. The zero-order valence-electron chi connectivity index (χ0n) is 5.61. The van der Waals surface area contributed by atoms with E-state index in [4.69, 9.17) is 0 Å². The van der Waals surface area contributed by atoms with E-state index in [9.17, 15) is 0 Å². The molecule has 0 bridgehead atoms. The minimum Gasteiger partial charge on any atom is -0.314 e. The summed E-state index contributed by atoms with van der Waals surface area (Å²) in [6, 6.07) is 0.775. The molecule has 1 fully saturated rings. The average molecular weight is 115 g/mol. The third-order valence-electron chi connectivity index (χ3n) is 1.81. The van der Waals surface area contributed by atoms with Crippen LogP contribution >= 0.6 is 0 Å². The van der Waals surface area contributed by atoms with Crippen LogP contribution in [0.4, 0.5) is 0 Å². The van der Waals surface area contributed by atoms with Crippen LogP contribution in [0.3, 0.4) is 0 Å². The van der Waals surface area contributed by atoms with Gasteiger partial charge in [-0.15, -0.1) is 0 Å². The van der Waals surface area contributed by atoms with Gasteiger partial charge in [0, 0.05) is 7.47 Å². The summed E-state index contributed by atoms with van der Waals surface area (Å²) in [7, 11) is 0. The van der Waals surface area contributed by atoms with E-state index in [0.717, 1.165) is 6.04 Å². The van der Waals surface area contributed by atoms with Crippen molar-refractivity contribution in [2.24, 2.45) is 0 Å². The molecule has 1 rings (SSSR count). The summed E-state index contributed by atoms with van der Waals surface area (Å²) in [5.74, 6) is 0. The van der Waals surface area contributed by atoms with Gasteiger partial charge < -0.3 is 5.32 Å². The second kappa shape index (κ2) is 3.08. The molecule has 0 aromatic carbocycles.